The third-order valence-electron chi connectivity index (χ3n) is 3.14. The molecule has 0 saturated carbocycles. The van der Waals surface area contributed by atoms with Crippen LogP contribution in [-0.2, 0) is 6.42 Å². The number of para-hydroxylation sites is 1. The van der Waals surface area contributed by atoms with Gasteiger partial charge in [0.15, 0.2) is 0 Å². The van der Waals surface area contributed by atoms with Gasteiger partial charge in [0.05, 0.1) is 0 Å². The van der Waals surface area contributed by atoms with Gasteiger partial charge < -0.3 is 10.6 Å². The van der Waals surface area contributed by atoms with Crippen molar-refractivity contribution >= 4 is 17.4 Å². The van der Waals surface area contributed by atoms with Crippen LogP contribution < -0.4 is 10.6 Å². The normalized spacial score (nSPS) is 17.8. The third kappa shape index (κ3) is 1.46. The third-order valence-corrected chi connectivity index (χ3v) is 3.14. The number of anilines is 2. The maximum absolute atomic E-state index is 12.4. The zero-order valence-electron chi connectivity index (χ0n) is 9.83. The minimum Gasteiger partial charge on any atom is -0.379 e. The summed E-state index contributed by atoms with van der Waals surface area (Å²) in [6.07, 6.45) is 0.826. The standard InChI is InChI=1S/C12H12N4O2/c1-7-6-8-4-2-3-5-9(8)16(7)12(17)10-11(13)15-18-14-10/h2-5,7H,6H2,1H3,(H2,13,15). The molecule has 18 heavy (non-hydrogen) atoms. The monoisotopic (exact) mass is 244 g/mol. The highest BCUT2D eigenvalue weighted by Crippen LogP contribution is 2.33. The van der Waals surface area contributed by atoms with E-state index in [9.17, 15) is 4.79 Å². The summed E-state index contributed by atoms with van der Waals surface area (Å²) in [4.78, 5) is 14.1. The molecule has 6 heteroatoms. The lowest BCUT2D eigenvalue weighted by Gasteiger charge is -2.21. The van der Waals surface area contributed by atoms with E-state index in [1.165, 1.54) is 0 Å². The van der Waals surface area contributed by atoms with Gasteiger partial charge >= 0.3 is 0 Å². The quantitative estimate of drug-likeness (QED) is 0.815. The first-order chi connectivity index (χ1) is 8.68. The molecular formula is C12H12N4O2. The molecule has 0 spiro atoms. The van der Waals surface area contributed by atoms with Gasteiger partial charge in [-0.05, 0) is 35.3 Å². The molecule has 1 aliphatic heterocycles. The summed E-state index contributed by atoms with van der Waals surface area (Å²) >= 11 is 0. The Balaban J connectivity index is 2.03. The zero-order chi connectivity index (χ0) is 12.7. The first kappa shape index (κ1) is 10.8. The van der Waals surface area contributed by atoms with Crippen molar-refractivity contribution in [3.63, 3.8) is 0 Å². The first-order valence-electron chi connectivity index (χ1n) is 5.68. The average Bonchev–Trinajstić information content (AvgIpc) is 2.91. The Morgan fingerprint density at radius 3 is 2.94 bits per heavy atom. The fourth-order valence-corrected chi connectivity index (χ4v) is 2.33. The van der Waals surface area contributed by atoms with Crippen LogP contribution in [0.3, 0.4) is 0 Å². The zero-order valence-corrected chi connectivity index (χ0v) is 9.83. The molecular weight excluding hydrogens is 232 g/mol. The summed E-state index contributed by atoms with van der Waals surface area (Å²) < 4.78 is 4.48. The molecule has 92 valence electrons. The molecule has 0 radical (unpaired) electrons. The van der Waals surface area contributed by atoms with Gasteiger partial charge in [0, 0.05) is 11.7 Å². The molecule has 1 aromatic heterocycles. The Hall–Kier alpha value is -2.37. The highest BCUT2D eigenvalue weighted by atomic mass is 16.6. The van der Waals surface area contributed by atoms with Crippen LogP contribution in [-0.4, -0.2) is 22.3 Å². The fraction of sp³-hybridized carbons (Fsp3) is 0.250. The molecule has 1 aromatic carbocycles. The molecule has 0 fully saturated rings. The van der Waals surface area contributed by atoms with Crippen molar-refractivity contribution in [3.05, 3.63) is 35.5 Å². The van der Waals surface area contributed by atoms with Crippen molar-refractivity contribution in [2.45, 2.75) is 19.4 Å². The van der Waals surface area contributed by atoms with Crippen molar-refractivity contribution in [2.24, 2.45) is 0 Å². The maximum Gasteiger partial charge on any atom is 0.284 e. The summed E-state index contributed by atoms with van der Waals surface area (Å²) in [6, 6.07) is 7.88. The number of aromatic nitrogens is 2. The number of hydrogen-bond donors (Lipinski definition) is 1. The summed E-state index contributed by atoms with van der Waals surface area (Å²) in [7, 11) is 0. The lowest BCUT2D eigenvalue weighted by molar-refractivity contribution is 0.0972. The van der Waals surface area contributed by atoms with Crippen LogP contribution in [0.15, 0.2) is 28.9 Å². The molecule has 0 bridgehead atoms. The Bertz CT molecular complexity index is 608. The molecule has 2 aromatic rings. The van der Waals surface area contributed by atoms with E-state index in [2.05, 4.69) is 14.9 Å². The van der Waals surface area contributed by atoms with Gasteiger partial charge in [0.2, 0.25) is 11.5 Å². The molecule has 3 rings (SSSR count). The van der Waals surface area contributed by atoms with Gasteiger partial charge in [-0.1, -0.05) is 18.2 Å². The van der Waals surface area contributed by atoms with Gasteiger partial charge in [-0.15, -0.1) is 0 Å². The van der Waals surface area contributed by atoms with Gasteiger partial charge in [-0.3, -0.25) is 4.79 Å². The van der Waals surface area contributed by atoms with Crippen LogP contribution in [0, 0.1) is 0 Å². The second-order valence-electron chi connectivity index (χ2n) is 4.36. The van der Waals surface area contributed by atoms with Crippen molar-refractivity contribution in [1.29, 1.82) is 0 Å². The van der Waals surface area contributed by atoms with E-state index >= 15 is 0 Å². The van der Waals surface area contributed by atoms with Crippen molar-refractivity contribution < 1.29 is 9.42 Å². The number of nitrogen functional groups attached to an aromatic ring is 1. The maximum atomic E-state index is 12.4. The fourth-order valence-electron chi connectivity index (χ4n) is 2.33. The number of nitrogens with two attached hydrogens (primary N) is 1. The molecule has 1 unspecified atom stereocenters. The average molecular weight is 244 g/mol. The van der Waals surface area contributed by atoms with E-state index in [0.717, 1.165) is 17.7 Å². The molecule has 2 heterocycles. The molecule has 1 aliphatic rings. The van der Waals surface area contributed by atoms with E-state index in [4.69, 9.17) is 5.73 Å². The largest absolute Gasteiger partial charge is 0.379 e. The Morgan fingerprint density at radius 2 is 2.22 bits per heavy atom. The molecule has 6 nitrogen and oxygen atoms in total. The molecule has 1 amide bonds. The highest BCUT2D eigenvalue weighted by Gasteiger charge is 2.33. The van der Waals surface area contributed by atoms with Crippen LogP contribution in [0.25, 0.3) is 0 Å². The smallest absolute Gasteiger partial charge is 0.284 e. The van der Waals surface area contributed by atoms with Gasteiger partial charge in [-0.2, -0.15) is 0 Å². The molecule has 0 saturated heterocycles. The lowest BCUT2D eigenvalue weighted by Crippen LogP contribution is -2.36. The summed E-state index contributed by atoms with van der Waals surface area (Å²) in [5.41, 5.74) is 7.67. The van der Waals surface area contributed by atoms with Crippen molar-refractivity contribution in [3.8, 4) is 0 Å². The Morgan fingerprint density at radius 1 is 1.44 bits per heavy atom. The number of amides is 1. The Kier molecular flexibility index (Phi) is 2.29. The van der Waals surface area contributed by atoms with Gasteiger partial charge in [-0.25, -0.2) is 4.63 Å². The van der Waals surface area contributed by atoms with Crippen LogP contribution >= 0.6 is 0 Å². The van der Waals surface area contributed by atoms with E-state index in [0.29, 0.717) is 0 Å². The second-order valence-corrected chi connectivity index (χ2v) is 4.36. The van der Waals surface area contributed by atoms with Gasteiger partial charge in [0.25, 0.3) is 5.91 Å². The van der Waals surface area contributed by atoms with Gasteiger partial charge in [0.1, 0.15) is 0 Å². The van der Waals surface area contributed by atoms with E-state index < -0.39 is 0 Å². The predicted octanol–water partition coefficient (Wildman–Crippen LogP) is 1.24. The number of benzene rings is 1. The van der Waals surface area contributed by atoms with Crippen molar-refractivity contribution in [2.75, 3.05) is 10.6 Å². The number of carbonyl (C=O) groups is 1. The Labute approximate surface area is 103 Å². The van der Waals surface area contributed by atoms with Crippen molar-refractivity contribution in [1.82, 2.24) is 10.3 Å². The van der Waals surface area contributed by atoms with Crippen LogP contribution in [0.2, 0.25) is 0 Å². The molecule has 2 N–H and O–H groups in total. The number of rotatable bonds is 1. The topological polar surface area (TPSA) is 85.2 Å². The molecule has 1 atom stereocenters. The minimum absolute atomic E-state index is 0.0246. The predicted molar refractivity (Wildman–Crippen MR) is 65.1 cm³/mol. The number of fused-ring (bicyclic) bond motifs is 1. The second kappa shape index (κ2) is 3.83. The summed E-state index contributed by atoms with van der Waals surface area (Å²) in [6.45, 7) is 1.99. The molecule has 0 aliphatic carbocycles. The van der Waals surface area contributed by atoms with E-state index in [1.807, 2.05) is 31.2 Å². The van der Waals surface area contributed by atoms with E-state index in [-0.39, 0.29) is 23.5 Å². The number of carbonyl (C=O) groups excluding carboxylic acids is 1. The lowest BCUT2D eigenvalue weighted by atomic mass is 10.1. The number of hydrogen-bond acceptors (Lipinski definition) is 5. The minimum atomic E-state index is -0.272. The SMILES string of the molecule is CC1Cc2ccccc2N1C(=O)c1nonc1N. The summed E-state index contributed by atoms with van der Waals surface area (Å²) in [5.74, 6) is -0.247. The first-order valence-corrected chi connectivity index (χ1v) is 5.68. The summed E-state index contributed by atoms with van der Waals surface area (Å²) in [5, 5.41) is 7.00. The van der Waals surface area contributed by atoms with Crippen LogP contribution in [0.4, 0.5) is 11.5 Å². The number of nitrogens with zero attached hydrogens (tertiary/aromatic N) is 3. The van der Waals surface area contributed by atoms with Crippen LogP contribution in [0.5, 0.6) is 0 Å². The van der Waals surface area contributed by atoms with Crippen LogP contribution in [0.1, 0.15) is 23.0 Å². The highest BCUT2D eigenvalue weighted by molar-refractivity contribution is 6.08. The van der Waals surface area contributed by atoms with E-state index in [1.54, 1.807) is 4.90 Å².